The molecule has 0 aliphatic carbocycles. The molecule has 1 saturated heterocycles. The maximum atomic E-state index is 13.1. The number of rotatable bonds is 8. The molecule has 0 bridgehead atoms. The number of amides is 1. The third kappa shape index (κ3) is 6.61. The zero-order chi connectivity index (χ0) is 26.7. The number of fused-ring (bicyclic) bond motifs is 1. The van der Waals surface area contributed by atoms with Crippen molar-refractivity contribution in [3.63, 3.8) is 0 Å². The molecule has 2 aromatic carbocycles. The van der Waals surface area contributed by atoms with Crippen LogP contribution in [0.3, 0.4) is 0 Å². The molecule has 4 rings (SSSR count). The minimum atomic E-state index is -3.46. The topological polar surface area (TPSA) is 102 Å². The Labute approximate surface area is 235 Å². The fourth-order valence-corrected chi connectivity index (χ4v) is 7.95. The van der Waals surface area contributed by atoms with Gasteiger partial charge in [0.25, 0.3) is 0 Å². The Morgan fingerprint density at radius 3 is 2.32 bits per heavy atom. The minimum Gasteiger partial charge on any atom is -0.493 e. The molecule has 0 aromatic heterocycles. The number of anilines is 1. The fourth-order valence-electron chi connectivity index (χ4n) is 5.13. The lowest BCUT2D eigenvalue weighted by Crippen LogP contribution is -2.44. The number of benzene rings is 2. The number of ether oxygens (including phenoxy) is 2. The molecular weight excluding hydrogens is 626 g/mol. The lowest BCUT2D eigenvalue weighted by molar-refractivity contribution is -0.131. The number of nitrogens with zero attached hydrogens (tertiary/aromatic N) is 2. The second kappa shape index (κ2) is 11.9. The van der Waals surface area contributed by atoms with E-state index in [0.29, 0.717) is 58.1 Å². The van der Waals surface area contributed by atoms with Crippen molar-refractivity contribution < 1.29 is 22.7 Å². The number of methoxy groups -OCH3 is 2. The van der Waals surface area contributed by atoms with Gasteiger partial charge in [-0.2, -0.15) is 0 Å². The van der Waals surface area contributed by atoms with Crippen molar-refractivity contribution in [1.29, 1.82) is 0 Å². The van der Waals surface area contributed by atoms with Gasteiger partial charge in [-0.3, -0.25) is 4.79 Å². The van der Waals surface area contributed by atoms with Gasteiger partial charge in [-0.25, -0.2) is 8.42 Å². The van der Waals surface area contributed by atoms with E-state index in [1.807, 2.05) is 17.0 Å². The SMILES string of the molecule is COc1cc2c(cc1OC)CC(=O)N(CC1CCCN(CCS(=O)(=O)c3cc(Br)c(N)c(Br)c3)C1)CC2. The van der Waals surface area contributed by atoms with Crippen molar-refractivity contribution in [2.75, 3.05) is 58.4 Å². The van der Waals surface area contributed by atoms with Crippen LogP contribution in [0.2, 0.25) is 0 Å². The largest absolute Gasteiger partial charge is 0.493 e. The van der Waals surface area contributed by atoms with E-state index in [4.69, 9.17) is 15.2 Å². The molecule has 2 heterocycles. The Morgan fingerprint density at radius 2 is 1.68 bits per heavy atom. The summed E-state index contributed by atoms with van der Waals surface area (Å²) >= 11 is 6.66. The molecule has 202 valence electrons. The highest BCUT2D eigenvalue weighted by Gasteiger charge is 2.28. The van der Waals surface area contributed by atoms with E-state index in [1.165, 1.54) is 0 Å². The predicted molar refractivity (Wildman–Crippen MR) is 151 cm³/mol. The summed E-state index contributed by atoms with van der Waals surface area (Å²) < 4.78 is 38.0. The van der Waals surface area contributed by atoms with E-state index in [-0.39, 0.29) is 16.6 Å². The Bertz CT molecular complexity index is 1250. The monoisotopic (exact) mass is 657 g/mol. The van der Waals surface area contributed by atoms with Gasteiger partial charge in [0.1, 0.15) is 0 Å². The molecule has 2 aromatic rings. The molecule has 2 aliphatic heterocycles. The molecule has 0 radical (unpaired) electrons. The van der Waals surface area contributed by atoms with E-state index in [0.717, 1.165) is 43.5 Å². The zero-order valence-corrected chi connectivity index (χ0v) is 25.1. The summed E-state index contributed by atoms with van der Waals surface area (Å²) in [5.74, 6) is 1.78. The van der Waals surface area contributed by atoms with Gasteiger partial charge in [0.2, 0.25) is 5.91 Å². The van der Waals surface area contributed by atoms with Crippen molar-refractivity contribution in [1.82, 2.24) is 9.80 Å². The number of hydrogen-bond donors (Lipinski definition) is 1. The van der Waals surface area contributed by atoms with E-state index in [1.54, 1.807) is 26.4 Å². The van der Waals surface area contributed by atoms with Crippen LogP contribution >= 0.6 is 31.9 Å². The van der Waals surface area contributed by atoms with E-state index < -0.39 is 9.84 Å². The van der Waals surface area contributed by atoms with E-state index in [9.17, 15) is 13.2 Å². The highest BCUT2D eigenvalue weighted by molar-refractivity contribution is 9.11. The molecule has 1 unspecified atom stereocenters. The van der Waals surface area contributed by atoms with Gasteiger partial charge >= 0.3 is 0 Å². The van der Waals surface area contributed by atoms with Crippen LogP contribution in [0.25, 0.3) is 0 Å². The van der Waals surface area contributed by atoms with Crippen LogP contribution in [-0.4, -0.2) is 76.8 Å². The molecule has 1 atom stereocenters. The number of carbonyl (C=O) groups is 1. The Morgan fingerprint density at radius 1 is 1.03 bits per heavy atom. The first-order valence-corrected chi connectivity index (χ1v) is 15.6. The van der Waals surface area contributed by atoms with Crippen molar-refractivity contribution >= 4 is 53.3 Å². The fraction of sp³-hybridized carbons (Fsp3) is 0.500. The van der Waals surface area contributed by atoms with Crippen molar-refractivity contribution in [2.45, 2.75) is 30.6 Å². The number of nitrogen functional groups attached to an aromatic ring is 1. The van der Waals surface area contributed by atoms with Gasteiger partial charge in [0, 0.05) is 35.1 Å². The average Bonchev–Trinajstić information content (AvgIpc) is 3.02. The number of halogens is 2. The molecule has 8 nitrogen and oxygen atoms in total. The molecule has 0 saturated carbocycles. The molecule has 37 heavy (non-hydrogen) atoms. The predicted octanol–water partition coefficient (Wildman–Crippen LogP) is 3.92. The normalized spacial score (nSPS) is 18.9. The number of carbonyl (C=O) groups excluding carboxylic acids is 1. The van der Waals surface area contributed by atoms with Crippen LogP contribution < -0.4 is 15.2 Å². The van der Waals surface area contributed by atoms with Crippen LogP contribution in [0.4, 0.5) is 5.69 Å². The van der Waals surface area contributed by atoms with E-state index in [2.05, 4.69) is 36.8 Å². The van der Waals surface area contributed by atoms with Crippen LogP contribution in [-0.2, 0) is 27.5 Å². The lowest BCUT2D eigenvalue weighted by atomic mass is 9.97. The van der Waals surface area contributed by atoms with Crippen molar-refractivity contribution in [3.8, 4) is 11.5 Å². The van der Waals surface area contributed by atoms with Crippen LogP contribution in [0.15, 0.2) is 38.1 Å². The molecule has 11 heteroatoms. The minimum absolute atomic E-state index is 0.0319. The Balaban J connectivity index is 1.36. The summed E-state index contributed by atoms with van der Waals surface area (Å²) in [6.45, 7) is 3.44. The number of sulfone groups is 1. The highest BCUT2D eigenvalue weighted by atomic mass is 79.9. The van der Waals surface area contributed by atoms with Crippen molar-refractivity contribution in [3.05, 3.63) is 44.3 Å². The molecule has 1 fully saturated rings. The first kappa shape index (κ1) is 28.2. The first-order chi connectivity index (χ1) is 17.6. The number of piperidine rings is 1. The van der Waals surface area contributed by atoms with Gasteiger partial charge in [-0.15, -0.1) is 0 Å². The molecule has 0 spiro atoms. The number of likely N-dealkylation sites (tertiary alicyclic amines) is 1. The summed E-state index contributed by atoms with van der Waals surface area (Å²) in [5, 5.41) is 0. The quantitative estimate of drug-likeness (QED) is 0.429. The standard InChI is InChI=1S/C26H33Br2N3O5S/c1-35-23-10-18-5-7-31(25(32)12-19(18)11-24(23)36-2)16-17-4-3-6-30(15-17)8-9-37(33,34)20-13-21(27)26(29)22(28)14-20/h10-11,13-14,17H,3-9,12,15-16,29H2,1-2H3. The summed E-state index contributed by atoms with van der Waals surface area (Å²) in [6, 6.07) is 7.01. The highest BCUT2D eigenvalue weighted by Crippen LogP contribution is 2.33. The van der Waals surface area contributed by atoms with Gasteiger partial charge < -0.3 is 25.0 Å². The van der Waals surface area contributed by atoms with Gasteiger partial charge in [0.05, 0.1) is 37.0 Å². The number of nitrogens with two attached hydrogens (primary N) is 1. The second-order valence-corrected chi connectivity index (χ2v) is 13.5. The molecule has 2 aliphatic rings. The Hall–Kier alpha value is -1.82. The second-order valence-electron chi connectivity index (χ2n) is 9.67. The van der Waals surface area contributed by atoms with Gasteiger partial charge in [0.15, 0.2) is 21.3 Å². The average molecular weight is 659 g/mol. The Kier molecular flexibility index (Phi) is 9.09. The van der Waals surface area contributed by atoms with Crippen LogP contribution in [0.1, 0.15) is 24.0 Å². The summed E-state index contributed by atoms with van der Waals surface area (Å²) in [4.78, 5) is 17.5. The summed E-state index contributed by atoms with van der Waals surface area (Å²) in [6.07, 6.45) is 3.12. The lowest BCUT2D eigenvalue weighted by Gasteiger charge is -2.35. The molecule has 2 N–H and O–H groups in total. The van der Waals surface area contributed by atoms with Crippen LogP contribution in [0, 0.1) is 5.92 Å². The number of hydrogen-bond acceptors (Lipinski definition) is 7. The first-order valence-electron chi connectivity index (χ1n) is 12.3. The summed E-state index contributed by atoms with van der Waals surface area (Å²) in [7, 11) is -0.247. The molecule has 1 amide bonds. The third-order valence-electron chi connectivity index (χ3n) is 7.22. The molecular formula is C26H33Br2N3O5S. The zero-order valence-electron chi connectivity index (χ0n) is 21.1. The maximum absolute atomic E-state index is 13.1. The van der Waals surface area contributed by atoms with Crippen LogP contribution in [0.5, 0.6) is 11.5 Å². The third-order valence-corrected chi connectivity index (χ3v) is 10.2. The van der Waals surface area contributed by atoms with Gasteiger partial charge in [-0.1, -0.05) is 0 Å². The van der Waals surface area contributed by atoms with Crippen molar-refractivity contribution in [2.24, 2.45) is 5.92 Å². The van der Waals surface area contributed by atoms with Gasteiger partial charge in [-0.05, 0) is 99.0 Å². The smallest absolute Gasteiger partial charge is 0.227 e. The maximum Gasteiger partial charge on any atom is 0.227 e. The van der Waals surface area contributed by atoms with E-state index >= 15 is 0 Å². The summed E-state index contributed by atoms with van der Waals surface area (Å²) in [5.41, 5.74) is 8.49.